The van der Waals surface area contributed by atoms with E-state index in [1.807, 2.05) is 13.8 Å². The van der Waals surface area contributed by atoms with Crippen LogP contribution >= 0.6 is 0 Å². The van der Waals surface area contributed by atoms with Crippen LogP contribution in [0.4, 0.5) is 8.78 Å². The molecule has 1 aliphatic rings. The molecule has 3 N–H and O–H groups in total. The van der Waals surface area contributed by atoms with Gasteiger partial charge in [0, 0.05) is 5.56 Å². The molecular formula is C24H28F2N4O2. The quantitative estimate of drug-likeness (QED) is 0.678. The molecule has 2 aromatic rings. The van der Waals surface area contributed by atoms with Gasteiger partial charge in [0.1, 0.15) is 11.6 Å². The maximum atomic E-state index is 14.3. The fourth-order valence-electron chi connectivity index (χ4n) is 3.97. The predicted octanol–water partition coefficient (Wildman–Crippen LogP) is 4.06. The van der Waals surface area contributed by atoms with Crippen LogP contribution in [0.15, 0.2) is 47.5 Å². The summed E-state index contributed by atoms with van der Waals surface area (Å²) in [5.41, 5.74) is 6.62. The number of hydrogen-bond acceptors (Lipinski definition) is 4. The lowest BCUT2D eigenvalue weighted by Crippen LogP contribution is -2.50. The van der Waals surface area contributed by atoms with Crippen LogP contribution in [0.25, 0.3) is 0 Å². The van der Waals surface area contributed by atoms with E-state index in [-0.39, 0.29) is 30.4 Å². The van der Waals surface area contributed by atoms with Gasteiger partial charge in [0.2, 0.25) is 5.91 Å². The van der Waals surface area contributed by atoms with Crippen molar-refractivity contribution in [2.24, 2.45) is 10.7 Å². The number of hydrogen-bond donors (Lipinski definition) is 2. The molecule has 1 aliphatic heterocycles. The van der Waals surface area contributed by atoms with E-state index in [0.29, 0.717) is 11.1 Å². The number of halogens is 2. The van der Waals surface area contributed by atoms with Gasteiger partial charge in [0.15, 0.2) is 5.96 Å². The van der Waals surface area contributed by atoms with E-state index in [9.17, 15) is 18.4 Å². The van der Waals surface area contributed by atoms with Gasteiger partial charge < -0.3 is 11.1 Å². The van der Waals surface area contributed by atoms with Gasteiger partial charge in [-0.05, 0) is 61.7 Å². The third-order valence-electron chi connectivity index (χ3n) is 5.54. The van der Waals surface area contributed by atoms with E-state index >= 15 is 0 Å². The minimum Gasteiger partial charge on any atom is -0.369 e. The van der Waals surface area contributed by atoms with Crippen molar-refractivity contribution < 1.29 is 18.4 Å². The summed E-state index contributed by atoms with van der Waals surface area (Å²) in [7, 11) is 0. The van der Waals surface area contributed by atoms with E-state index in [1.54, 1.807) is 19.1 Å². The van der Waals surface area contributed by atoms with Crippen molar-refractivity contribution in [2.75, 3.05) is 0 Å². The van der Waals surface area contributed by atoms with Crippen LogP contribution < -0.4 is 11.1 Å². The standard InChI is InChI=1S/C24H28F2N4O2/c1-4-8-24(3)13-21(31)30(23(27)29-24)14-16-9-18(12-20(26)10-16)22(32)28-15(2)17-6-5-7-19(25)11-17/h5-7,9-12,15H,4,8,13-14H2,1-3H3,(H2,27,29)(H,28,32). The Bertz CT molecular complexity index is 1060. The Morgan fingerprint density at radius 1 is 1.25 bits per heavy atom. The van der Waals surface area contributed by atoms with E-state index in [4.69, 9.17) is 5.73 Å². The number of carbonyl (C=O) groups is 2. The molecule has 2 amide bonds. The smallest absolute Gasteiger partial charge is 0.251 e. The number of nitrogens with two attached hydrogens (primary N) is 1. The highest BCUT2D eigenvalue weighted by molar-refractivity contribution is 5.99. The fourth-order valence-corrected chi connectivity index (χ4v) is 3.97. The van der Waals surface area contributed by atoms with Crippen LogP contribution in [0.3, 0.4) is 0 Å². The summed E-state index contributed by atoms with van der Waals surface area (Å²) < 4.78 is 27.7. The van der Waals surface area contributed by atoms with Gasteiger partial charge in [-0.2, -0.15) is 0 Å². The van der Waals surface area contributed by atoms with Crippen molar-refractivity contribution in [3.63, 3.8) is 0 Å². The van der Waals surface area contributed by atoms with Crippen LogP contribution in [0.5, 0.6) is 0 Å². The lowest BCUT2D eigenvalue weighted by atomic mass is 9.91. The highest BCUT2D eigenvalue weighted by atomic mass is 19.1. The molecule has 1 heterocycles. The lowest BCUT2D eigenvalue weighted by Gasteiger charge is -2.35. The third kappa shape index (κ3) is 5.49. The molecule has 2 aromatic carbocycles. The first-order chi connectivity index (χ1) is 15.1. The van der Waals surface area contributed by atoms with Gasteiger partial charge in [0.05, 0.1) is 24.5 Å². The van der Waals surface area contributed by atoms with Crippen LogP contribution in [0.2, 0.25) is 0 Å². The van der Waals surface area contributed by atoms with E-state index in [0.717, 1.165) is 18.9 Å². The van der Waals surface area contributed by atoms with Gasteiger partial charge in [-0.3, -0.25) is 14.5 Å². The molecule has 3 rings (SSSR count). The first-order valence-electron chi connectivity index (χ1n) is 10.6. The van der Waals surface area contributed by atoms with Crippen LogP contribution in [0, 0.1) is 11.6 Å². The summed E-state index contributed by atoms with van der Waals surface area (Å²) in [5, 5.41) is 2.74. The van der Waals surface area contributed by atoms with Gasteiger partial charge in [-0.25, -0.2) is 13.8 Å². The maximum Gasteiger partial charge on any atom is 0.251 e. The molecule has 2 atom stereocenters. The number of rotatable bonds is 7. The number of nitrogens with one attached hydrogen (secondary N) is 1. The van der Waals surface area contributed by atoms with Crippen molar-refractivity contribution in [1.82, 2.24) is 10.2 Å². The molecule has 0 spiro atoms. The Hall–Kier alpha value is -3.29. The normalized spacial score (nSPS) is 19.5. The summed E-state index contributed by atoms with van der Waals surface area (Å²) in [6.07, 6.45) is 1.83. The van der Waals surface area contributed by atoms with E-state index in [2.05, 4.69) is 10.3 Å². The minimum absolute atomic E-state index is 0.00780. The Morgan fingerprint density at radius 2 is 2.00 bits per heavy atom. The van der Waals surface area contributed by atoms with Gasteiger partial charge in [-0.1, -0.05) is 25.5 Å². The fraction of sp³-hybridized carbons (Fsp3) is 0.375. The molecular weight excluding hydrogens is 414 g/mol. The van der Waals surface area contributed by atoms with Crippen LogP contribution in [-0.2, 0) is 11.3 Å². The SMILES string of the molecule is CCCC1(C)CC(=O)N(Cc2cc(F)cc(C(=O)NC(C)c3cccc(F)c3)c2)C(N)=N1. The summed E-state index contributed by atoms with van der Waals surface area (Å²) in [4.78, 5) is 31.2. The second kappa shape index (κ2) is 9.46. The van der Waals surface area contributed by atoms with Crippen molar-refractivity contribution in [3.05, 3.63) is 70.8 Å². The molecule has 0 fully saturated rings. The number of carbonyl (C=O) groups excluding carboxylic acids is 2. The van der Waals surface area contributed by atoms with Gasteiger partial charge >= 0.3 is 0 Å². The highest BCUT2D eigenvalue weighted by Crippen LogP contribution is 2.28. The maximum absolute atomic E-state index is 14.3. The first kappa shape index (κ1) is 23.4. The first-order valence-corrected chi connectivity index (χ1v) is 10.6. The highest BCUT2D eigenvalue weighted by Gasteiger charge is 2.35. The predicted molar refractivity (Wildman–Crippen MR) is 119 cm³/mol. The van der Waals surface area contributed by atoms with Gasteiger partial charge in [-0.15, -0.1) is 0 Å². The van der Waals surface area contributed by atoms with E-state index in [1.165, 1.54) is 29.2 Å². The molecule has 0 saturated heterocycles. The zero-order valence-corrected chi connectivity index (χ0v) is 18.5. The molecule has 0 saturated carbocycles. The Kier molecular flexibility index (Phi) is 6.91. The summed E-state index contributed by atoms with van der Waals surface area (Å²) >= 11 is 0. The van der Waals surface area contributed by atoms with E-state index < -0.39 is 29.1 Å². The number of amides is 2. The number of guanidine groups is 1. The second-order valence-electron chi connectivity index (χ2n) is 8.47. The zero-order chi connectivity index (χ0) is 23.5. The second-order valence-corrected chi connectivity index (χ2v) is 8.47. The lowest BCUT2D eigenvalue weighted by molar-refractivity contribution is -0.130. The Morgan fingerprint density at radius 3 is 2.66 bits per heavy atom. The third-order valence-corrected chi connectivity index (χ3v) is 5.54. The van der Waals surface area contributed by atoms with Gasteiger partial charge in [0.25, 0.3) is 5.91 Å². The molecule has 2 unspecified atom stereocenters. The Balaban J connectivity index is 1.77. The van der Waals surface area contributed by atoms with Crippen molar-refractivity contribution in [3.8, 4) is 0 Å². The molecule has 8 heteroatoms. The Labute approximate surface area is 186 Å². The number of aliphatic imine (C=N–C) groups is 1. The molecule has 0 bridgehead atoms. The molecule has 0 aliphatic carbocycles. The van der Waals surface area contributed by atoms with Crippen molar-refractivity contribution in [1.29, 1.82) is 0 Å². The molecule has 0 radical (unpaired) electrons. The van der Waals surface area contributed by atoms with Crippen molar-refractivity contribution in [2.45, 2.75) is 58.2 Å². The summed E-state index contributed by atoms with van der Waals surface area (Å²) in [5.74, 6) is -1.63. The zero-order valence-electron chi connectivity index (χ0n) is 18.5. The molecule has 32 heavy (non-hydrogen) atoms. The average Bonchev–Trinajstić information content (AvgIpc) is 2.70. The van der Waals surface area contributed by atoms with Crippen LogP contribution in [0.1, 0.15) is 67.6 Å². The molecule has 6 nitrogen and oxygen atoms in total. The minimum atomic E-state index is -0.609. The summed E-state index contributed by atoms with van der Waals surface area (Å²) in [6, 6.07) is 9.31. The number of nitrogens with zero attached hydrogens (tertiary/aromatic N) is 2. The largest absolute Gasteiger partial charge is 0.369 e. The monoisotopic (exact) mass is 442 g/mol. The topological polar surface area (TPSA) is 87.8 Å². The summed E-state index contributed by atoms with van der Waals surface area (Å²) in [6.45, 7) is 5.63. The average molecular weight is 443 g/mol. The van der Waals surface area contributed by atoms with Crippen LogP contribution in [-0.4, -0.2) is 28.2 Å². The molecule has 170 valence electrons. The van der Waals surface area contributed by atoms with Crippen molar-refractivity contribution >= 4 is 17.8 Å². The molecule has 0 aromatic heterocycles. The number of benzene rings is 2.